The molecule has 76 valence electrons. The lowest BCUT2D eigenvalue weighted by Crippen LogP contribution is -2.00. The van der Waals surface area contributed by atoms with Crippen LogP contribution >= 0.6 is 0 Å². The van der Waals surface area contributed by atoms with Crippen molar-refractivity contribution in [3.05, 3.63) is 23.8 Å². The molecule has 0 saturated heterocycles. The molecule has 1 aromatic heterocycles. The molecule has 0 bridgehead atoms. The molecule has 0 spiro atoms. The van der Waals surface area contributed by atoms with Gasteiger partial charge in [0, 0.05) is 12.1 Å². The normalized spacial score (nSPS) is 11.7. The standard InChI is InChI=1S/C10H14N2O2/c1-3-4-12-7-11-6-9(12)5-8(2)10(13)14/h5-7H,3-4H2,1-2H3,(H,13,14). The Morgan fingerprint density at radius 2 is 2.43 bits per heavy atom. The summed E-state index contributed by atoms with van der Waals surface area (Å²) in [5, 5.41) is 8.70. The van der Waals surface area contributed by atoms with Crippen molar-refractivity contribution < 1.29 is 9.90 Å². The van der Waals surface area contributed by atoms with E-state index in [0.717, 1.165) is 18.7 Å². The van der Waals surface area contributed by atoms with Crippen molar-refractivity contribution in [1.82, 2.24) is 9.55 Å². The van der Waals surface area contributed by atoms with E-state index < -0.39 is 5.97 Å². The summed E-state index contributed by atoms with van der Waals surface area (Å²) in [6, 6.07) is 0. The predicted molar refractivity (Wildman–Crippen MR) is 53.8 cm³/mol. The second kappa shape index (κ2) is 4.60. The highest BCUT2D eigenvalue weighted by Gasteiger charge is 2.03. The largest absolute Gasteiger partial charge is 0.478 e. The van der Waals surface area contributed by atoms with Crippen molar-refractivity contribution in [2.75, 3.05) is 0 Å². The molecule has 4 heteroatoms. The first kappa shape index (κ1) is 10.5. The third kappa shape index (κ3) is 2.45. The summed E-state index contributed by atoms with van der Waals surface area (Å²) in [6.45, 7) is 4.50. The Hall–Kier alpha value is -1.58. The maximum absolute atomic E-state index is 10.6. The Morgan fingerprint density at radius 1 is 1.71 bits per heavy atom. The van der Waals surface area contributed by atoms with Gasteiger partial charge in [-0.2, -0.15) is 0 Å². The molecule has 1 rings (SSSR count). The first-order chi connectivity index (χ1) is 6.65. The summed E-state index contributed by atoms with van der Waals surface area (Å²) < 4.78 is 1.94. The Labute approximate surface area is 82.9 Å². The van der Waals surface area contributed by atoms with Crippen LogP contribution in [0, 0.1) is 0 Å². The predicted octanol–water partition coefficient (Wildman–Crippen LogP) is 1.78. The molecule has 4 nitrogen and oxygen atoms in total. The van der Waals surface area contributed by atoms with Crippen LogP contribution in [-0.2, 0) is 11.3 Å². The fourth-order valence-electron chi connectivity index (χ4n) is 1.16. The van der Waals surface area contributed by atoms with E-state index in [1.165, 1.54) is 0 Å². The minimum atomic E-state index is -0.894. The fourth-order valence-corrected chi connectivity index (χ4v) is 1.16. The quantitative estimate of drug-likeness (QED) is 0.743. The highest BCUT2D eigenvalue weighted by atomic mass is 16.4. The first-order valence-corrected chi connectivity index (χ1v) is 4.57. The maximum atomic E-state index is 10.6. The van der Waals surface area contributed by atoms with Crippen molar-refractivity contribution >= 4 is 12.0 Å². The van der Waals surface area contributed by atoms with Gasteiger partial charge < -0.3 is 9.67 Å². The number of carbonyl (C=O) groups is 1. The zero-order valence-electron chi connectivity index (χ0n) is 8.40. The Balaban J connectivity index is 2.90. The molecule has 0 saturated carbocycles. The van der Waals surface area contributed by atoms with E-state index in [2.05, 4.69) is 11.9 Å². The number of hydrogen-bond acceptors (Lipinski definition) is 2. The van der Waals surface area contributed by atoms with Crippen molar-refractivity contribution in [2.45, 2.75) is 26.8 Å². The number of nitrogens with zero attached hydrogens (tertiary/aromatic N) is 2. The zero-order valence-corrected chi connectivity index (χ0v) is 8.40. The van der Waals surface area contributed by atoms with Crippen molar-refractivity contribution in [3.63, 3.8) is 0 Å². The van der Waals surface area contributed by atoms with Gasteiger partial charge in [0.15, 0.2) is 0 Å². The van der Waals surface area contributed by atoms with E-state index in [1.807, 2.05) is 4.57 Å². The molecular formula is C10H14N2O2. The van der Waals surface area contributed by atoms with Crippen LogP contribution in [0.5, 0.6) is 0 Å². The van der Waals surface area contributed by atoms with Gasteiger partial charge in [0.05, 0.1) is 18.2 Å². The second-order valence-corrected chi connectivity index (χ2v) is 3.14. The Morgan fingerprint density at radius 3 is 3.00 bits per heavy atom. The van der Waals surface area contributed by atoms with E-state index in [-0.39, 0.29) is 0 Å². The molecule has 0 radical (unpaired) electrons. The lowest BCUT2D eigenvalue weighted by Gasteiger charge is -2.02. The molecule has 0 aliphatic carbocycles. The minimum absolute atomic E-state index is 0.322. The summed E-state index contributed by atoms with van der Waals surface area (Å²) >= 11 is 0. The van der Waals surface area contributed by atoms with Crippen molar-refractivity contribution in [1.29, 1.82) is 0 Å². The highest BCUT2D eigenvalue weighted by molar-refractivity contribution is 5.91. The van der Waals surface area contributed by atoms with Gasteiger partial charge in [0.1, 0.15) is 0 Å². The van der Waals surface area contributed by atoms with Gasteiger partial charge in [-0.3, -0.25) is 0 Å². The number of aromatic nitrogens is 2. The molecule has 1 N–H and O–H groups in total. The Bertz CT molecular complexity index is 353. The highest BCUT2D eigenvalue weighted by Crippen LogP contribution is 2.07. The monoisotopic (exact) mass is 194 g/mol. The molecule has 1 aromatic rings. The lowest BCUT2D eigenvalue weighted by molar-refractivity contribution is -0.132. The third-order valence-corrected chi connectivity index (χ3v) is 1.91. The molecule has 1 heterocycles. The molecule has 0 amide bonds. The van der Waals surface area contributed by atoms with E-state index in [9.17, 15) is 4.79 Å². The lowest BCUT2D eigenvalue weighted by atomic mass is 10.2. The van der Waals surface area contributed by atoms with Crippen LogP contribution in [0.2, 0.25) is 0 Å². The molecule has 0 aliphatic rings. The number of hydrogen-bond donors (Lipinski definition) is 1. The molecule has 14 heavy (non-hydrogen) atoms. The summed E-state index contributed by atoms with van der Waals surface area (Å²) in [4.78, 5) is 14.6. The van der Waals surface area contributed by atoms with Crippen LogP contribution < -0.4 is 0 Å². The number of carboxylic acids is 1. The van der Waals surface area contributed by atoms with Gasteiger partial charge in [-0.1, -0.05) is 6.92 Å². The number of aliphatic carboxylic acids is 1. The van der Waals surface area contributed by atoms with Gasteiger partial charge in [-0.05, 0) is 19.4 Å². The van der Waals surface area contributed by atoms with E-state index in [4.69, 9.17) is 5.11 Å². The van der Waals surface area contributed by atoms with Crippen LogP contribution in [-0.4, -0.2) is 20.6 Å². The van der Waals surface area contributed by atoms with Crippen LogP contribution in [0.1, 0.15) is 26.0 Å². The van der Waals surface area contributed by atoms with Crippen LogP contribution in [0.4, 0.5) is 0 Å². The van der Waals surface area contributed by atoms with Gasteiger partial charge >= 0.3 is 5.97 Å². The minimum Gasteiger partial charge on any atom is -0.478 e. The SMILES string of the molecule is CCCn1cncc1C=C(C)C(=O)O. The fraction of sp³-hybridized carbons (Fsp3) is 0.400. The average molecular weight is 194 g/mol. The van der Waals surface area contributed by atoms with E-state index >= 15 is 0 Å². The summed E-state index contributed by atoms with van der Waals surface area (Å²) in [6.07, 6.45) is 6.01. The molecule has 0 fully saturated rings. The van der Waals surface area contributed by atoms with Gasteiger partial charge in [0.2, 0.25) is 0 Å². The topological polar surface area (TPSA) is 55.1 Å². The molecule has 0 aromatic carbocycles. The van der Waals surface area contributed by atoms with E-state index in [1.54, 1.807) is 25.5 Å². The number of rotatable bonds is 4. The number of aryl methyl sites for hydroxylation is 1. The molecule has 0 unspecified atom stereocenters. The molecule has 0 aliphatic heterocycles. The first-order valence-electron chi connectivity index (χ1n) is 4.57. The smallest absolute Gasteiger partial charge is 0.331 e. The zero-order chi connectivity index (χ0) is 10.6. The van der Waals surface area contributed by atoms with Crippen molar-refractivity contribution in [3.8, 4) is 0 Å². The van der Waals surface area contributed by atoms with Crippen LogP contribution in [0.25, 0.3) is 6.08 Å². The van der Waals surface area contributed by atoms with Crippen LogP contribution in [0.3, 0.4) is 0 Å². The maximum Gasteiger partial charge on any atom is 0.331 e. The Kier molecular flexibility index (Phi) is 3.45. The molecule has 0 atom stereocenters. The number of carboxylic acid groups (broad SMARTS) is 1. The van der Waals surface area contributed by atoms with E-state index in [0.29, 0.717) is 5.57 Å². The summed E-state index contributed by atoms with van der Waals surface area (Å²) in [5.74, 6) is -0.894. The third-order valence-electron chi connectivity index (χ3n) is 1.91. The summed E-state index contributed by atoms with van der Waals surface area (Å²) in [7, 11) is 0. The molecular weight excluding hydrogens is 180 g/mol. The van der Waals surface area contributed by atoms with Crippen molar-refractivity contribution in [2.24, 2.45) is 0 Å². The number of imidazole rings is 1. The summed E-state index contributed by atoms with van der Waals surface area (Å²) in [5.41, 5.74) is 1.16. The second-order valence-electron chi connectivity index (χ2n) is 3.14. The van der Waals surface area contributed by atoms with Gasteiger partial charge in [-0.15, -0.1) is 0 Å². The van der Waals surface area contributed by atoms with Gasteiger partial charge in [-0.25, -0.2) is 9.78 Å². The average Bonchev–Trinajstić information content (AvgIpc) is 2.53. The van der Waals surface area contributed by atoms with Crippen LogP contribution in [0.15, 0.2) is 18.1 Å². The van der Waals surface area contributed by atoms with Gasteiger partial charge in [0.25, 0.3) is 0 Å².